The minimum Gasteiger partial charge on any atom is -0.256 e. The van der Waals surface area contributed by atoms with Gasteiger partial charge >= 0.3 is 0 Å². The van der Waals surface area contributed by atoms with Crippen LogP contribution in [0, 0.1) is 0 Å². The Kier molecular flexibility index (Phi) is 3.06. The van der Waals surface area contributed by atoms with Crippen LogP contribution in [-0.2, 0) is 0 Å². The third-order valence-corrected chi connectivity index (χ3v) is 3.62. The minimum absolute atomic E-state index is 0.473. The second-order valence-electron chi connectivity index (χ2n) is 3.93. The standard InChI is InChI=1S/C13H14BrN/c1-9(10(2)14)12-7-11-5-3-4-6-13(11)15-8-12/h3-10H,1-2H3. The fourth-order valence-corrected chi connectivity index (χ4v) is 1.91. The molecule has 0 aliphatic carbocycles. The van der Waals surface area contributed by atoms with E-state index in [1.165, 1.54) is 10.9 Å². The molecule has 15 heavy (non-hydrogen) atoms. The second kappa shape index (κ2) is 4.31. The summed E-state index contributed by atoms with van der Waals surface area (Å²) >= 11 is 3.61. The number of fused-ring (bicyclic) bond motifs is 1. The van der Waals surface area contributed by atoms with E-state index < -0.39 is 0 Å². The van der Waals surface area contributed by atoms with E-state index in [9.17, 15) is 0 Å². The van der Waals surface area contributed by atoms with Crippen molar-refractivity contribution in [1.29, 1.82) is 0 Å². The first-order valence-electron chi connectivity index (χ1n) is 5.17. The molecule has 2 atom stereocenters. The average Bonchev–Trinajstić information content (AvgIpc) is 2.27. The summed E-state index contributed by atoms with van der Waals surface area (Å²) in [7, 11) is 0. The Morgan fingerprint density at radius 1 is 1.20 bits per heavy atom. The van der Waals surface area contributed by atoms with E-state index >= 15 is 0 Å². The topological polar surface area (TPSA) is 12.9 Å². The highest BCUT2D eigenvalue weighted by atomic mass is 79.9. The Morgan fingerprint density at radius 3 is 2.67 bits per heavy atom. The van der Waals surface area contributed by atoms with Gasteiger partial charge in [0, 0.05) is 16.4 Å². The lowest BCUT2D eigenvalue weighted by Crippen LogP contribution is -2.04. The van der Waals surface area contributed by atoms with E-state index in [4.69, 9.17) is 0 Å². The van der Waals surface area contributed by atoms with Crippen molar-refractivity contribution < 1.29 is 0 Å². The summed E-state index contributed by atoms with van der Waals surface area (Å²) in [6, 6.07) is 10.4. The molecule has 78 valence electrons. The van der Waals surface area contributed by atoms with Crippen LogP contribution in [-0.4, -0.2) is 9.81 Å². The van der Waals surface area contributed by atoms with Gasteiger partial charge in [-0.05, 0) is 23.6 Å². The van der Waals surface area contributed by atoms with Gasteiger partial charge in [0.05, 0.1) is 5.52 Å². The molecular weight excluding hydrogens is 250 g/mol. The van der Waals surface area contributed by atoms with Gasteiger partial charge in [0.25, 0.3) is 0 Å². The number of para-hydroxylation sites is 1. The number of nitrogens with zero attached hydrogens (tertiary/aromatic N) is 1. The molecule has 0 radical (unpaired) electrons. The molecular formula is C13H14BrN. The number of halogens is 1. The fourth-order valence-electron chi connectivity index (χ4n) is 1.60. The highest BCUT2D eigenvalue weighted by Crippen LogP contribution is 2.25. The Labute approximate surface area is 98.7 Å². The third kappa shape index (κ3) is 2.20. The quantitative estimate of drug-likeness (QED) is 0.743. The van der Waals surface area contributed by atoms with Gasteiger partial charge < -0.3 is 0 Å². The predicted molar refractivity (Wildman–Crippen MR) is 68.5 cm³/mol. The Hall–Kier alpha value is -0.890. The van der Waals surface area contributed by atoms with Crippen LogP contribution in [0.3, 0.4) is 0 Å². The van der Waals surface area contributed by atoms with Crippen LogP contribution in [0.1, 0.15) is 25.3 Å². The SMILES string of the molecule is CC(Br)C(C)c1cnc2ccccc2c1. The number of alkyl halides is 1. The van der Waals surface area contributed by atoms with Crippen LogP contribution < -0.4 is 0 Å². The van der Waals surface area contributed by atoms with Crippen LogP contribution in [0.15, 0.2) is 36.5 Å². The first-order chi connectivity index (χ1) is 7.18. The molecule has 2 aromatic rings. The van der Waals surface area contributed by atoms with E-state index in [2.05, 4.69) is 53.0 Å². The second-order valence-corrected chi connectivity index (χ2v) is 5.37. The molecule has 2 unspecified atom stereocenters. The summed E-state index contributed by atoms with van der Waals surface area (Å²) in [5.74, 6) is 0.488. The average molecular weight is 264 g/mol. The Morgan fingerprint density at radius 2 is 1.93 bits per heavy atom. The first kappa shape index (κ1) is 10.6. The van der Waals surface area contributed by atoms with Gasteiger partial charge in [-0.2, -0.15) is 0 Å². The molecule has 0 aliphatic heterocycles. The molecule has 1 aromatic heterocycles. The van der Waals surface area contributed by atoms with Crippen molar-refractivity contribution in [1.82, 2.24) is 4.98 Å². The number of aromatic nitrogens is 1. The molecule has 0 bridgehead atoms. The fraction of sp³-hybridized carbons (Fsp3) is 0.308. The van der Waals surface area contributed by atoms with Crippen LogP contribution in [0.2, 0.25) is 0 Å². The van der Waals surface area contributed by atoms with Crippen molar-refractivity contribution in [3.63, 3.8) is 0 Å². The van der Waals surface area contributed by atoms with Gasteiger partial charge in [-0.1, -0.05) is 48.0 Å². The summed E-state index contributed by atoms with van der Waals surface area (Å²) < 4.78 is 0. The highest BCUT2D eigenvalue weighted by Gasteiger charge is 2.11. The third-order valence-electron chi connectivity index (χ3n) is 2.83. The molecule has 2 heteroatoms. The van der Waals surface area contributed by atoms with Gasteiger partial charge in [-0.15, -0.1) is 0 Å². The Bertz CT molecular complexity index is 465. The predicted octanol–water partition coefficient (Wildman–Crippen LogP) is 4.12. The maximum atomic E-state index is 4.46. The summed E-state index contributed by atoms with van der Waals surface area (Å²) in [4.78, 5) is 4.94. The zero-order valence-electron chi connectivity index (χ0n) is 8.94. The molecule has 0 saturated carbocycles. The van der Waals surface area contributed by atoms with Crippen molar-refractivity contribution in [3.05, 3.63) is 42.1 Å². The van der Waals surface area contributed by atoms with E-state index in [0.717, 1.165) is 5.52 Å². The van der Waals surface area contributed by atoms with E-state index in [0.29, 0.717) is 10.7 Å². The minimum atomic E-state index is 0.473. The number of rotatable bonds is 2. The Balaban J connectivity index is 2.47. The molecule has 0 aliphatic rings. The van der Waals surface area contributed by atoms with E-state index in [1.54, 1.807) is 0 Å². The number of hydrogen-bond donors (Lipinski definition) is 0. The zero-order chi connectivity index (χ0) is 10.8. The molecule has 2 rings (SSSR count). The van der Waals surface area contributed by atoms with Gasteiger partial charge in [0.1, 0.15) is 0 Å². The molecule has 1 nitrogen and oxygen atoms in total. The molecule has 1 aromatic carbocycles. The lowest BCUT2D eigenvalue weighted by Gasteiger charge is -2.14. The van der Waals surface area contributed by atoms with Crippen molar-refractivity contribution >= 4 is 26.8 Å². The zero-order valence-corrected chi connectivity index (χ0v) is 10.5. The maximum Gasteiger partial charge on any atom is 0.0702 e. The van der Waals surface area contributed by atoms with Crippen molar-refractivity contribution in [2.24, 2.45) is 0 Å². The monoisotopic (exact) mass is 263 g/mol. The molecule has 1 heterocycles. The number of pyridine rings is 1. The van der Waals surface area contributed by atoms with Crippen molar-refractivity contribution in [2.75, 3.05) is 0 Å². The maximum absolute atomic E-state index is 4.46. The molecule has 0 N–H and O–H groups in total. The summed E-state index contributed by atoms with van der Waals surface area (Å²) in [6.07, 6.45) is 1.98. The van der Waals surface area contributed by atoms with Gasteiger partial charge in [0.15, 0.2) is 0 Å². The van der Waals surface area contributed by atoms with E-state index in [1.807, 2.05) is 18.3 Å². The number of benzene rings is 1. The lowest BCUT2D eigenvalue weighted by atomic mass is 9.99. The van der Waals surface area contributed by atoms with Gasteiger partial charge in [0.2, 0.25) is 0 Å². The molecule has 0 amide bonds. The highest BCUT2D eigenvalue weighted by molar-refractivity contribution is 9.09. The molecule has 0 fully saturated rings. The normalized spacial score (nSPS) is 15.1. The van der Waals surface area contributed by atoms with Gasteiger partial charge in [-0.25, -0.2) is 0 Å². The largest absolute Gasteiger partial charge is 0.256 e. The van der Waals surface area contributed by atoms with Crippen LogP contribution >= 0.6 is 15.9 Å². The summed E-state index contributed by atoms with van der Waals surface area (Å²) in [5, 5.41) is 1.22. The molecule has 0 spiro atoms. The van der Waals surface area contributed by atoms with Crippen molar-refractivity contribution in [2.45, 2.75) is 24.6 Å². The van der Waals surface area contributed by atoms with Crippen LogP contribution in [0.5, 0.6) is 0 Å². The lowest BCUT2D eigenvalue weighted by molar-refractivity contribution is 0.759. The van der Waals surface area contributed by atoms with Crippen LogP contribution in [0.25, 0.3) is 10.9 Å². The summed E-state index contributed by atoms with van der Waals surface area (Å²) in [6.45, 7) is 4.38. The van der Waals surface area contributed by atoms with E-state index in [-0.39, 0.29) is 0 Å². The van der Waals surface area contributed by atoms with Crippen molar-refractivity contribution in [3.8, 4) is 0 Å². The number of hydrogen-bond acceptors (Lipinski definition) is 1. The van der Waals surface area contributed by atoms with Crippen LogP contribution in [0.4, 0.5) is 0 Å². The summed E-state index contributed by atoms with van der Waals surface area (Å²) in [5.41, 5.74) is 2.36. The first-order valence-corrected chi connectivity index (χ1v) is 6.09. The van der Waals surface area contributed by atoms with Gasteiger partial charge in [-0.3, -0.25) is 4.98 Å². The molecule has 0 saturated heterocycles. The smallest absolute Gasteiger partial charge is 0.0702 e.